The average Bonchev–Trinajstić information content (AvgIpc) is 2.52. The van der Waals surface area contributed by atoms with Gasteiger partial charge in [0.15, 0.2) is 14.9 Å². The van der Waals surface area contributed by atoms with Crippen LogP contribution in [0.5, 0.6) is 0 Å². The molecule has 2 aromatic carbocycles. The van der Waals surface area contributed by atoms with Crippen LogP contribution in [0.15, 0.2) is 53.6 Å². The Morgan fingerprint density at radius 1 is 0.917 bits per heavy atom. The quantitative estimate of drug-likeness (QED) is 0.705. The molecule has 0 N–H and O–H groups in total. The zero-order valence-electron chi connectivity index (χ0n) is 12.4. The summed E-state index contributed by atoms with van der Waals surface area (Å²) in [6.07, 6.45) is -3.59. The zero-order chi connectivity index (χ0) is 17.5. The number of para-hydroxylation sites is 2. The molecule has 8 heteroatoms. The van der Waals surface area contributed by atoms with Crippen LogP contribution >= 0.6 is 0 Å². The number of sulfone groups is 1. The van der Waals surface area contributed by atoms with Crippen molar-refractivity contribution in [2.24, 2.45) is 0 Å². The lowest BCUT2D eigenvalue weighted by molar-refractivity contribution is -0.137. The smallest absolute Gasteiger partial charge is 0.243 e. The predicted molar refractivity (Wildman–Crippen MR) is 83.1 cm³/mol. The number of nitrogens with zero attached hydrogens (tertiary/aromatic N) is 2. The van der Waals surface area contributed by atoms with Crippen LogP contribution in [0.3, 0.4) is 0 Å². The predicted octanol–water partition coefficient (Wildman–Crippen LogP) is 3.72. The second-order valence-corrected chi connectivity index (χ2v) is 7.15. The molecule has 24 heavy (non-hydrogen) atoms. The third-order valence-electron chi connectivity index (χ3n) is 3.35. The number of halogens is 3. The van der Waals surface area contributed by atoms with Crippen molar-refractivity contribution in [3.8, 4) is 11.3 Å². The number of fused-ring (bicyclic) bond motifs is 1. The maximum absolute atomic E-state index is 12.9. The van der Waals surface area contributed by atoms with E-state index in [4.69, 9.17) is 0 Å². The number of alkyl halides is 3. The van der Waals surface area contributed by atoms with Gasteiger partial charge in [-0.1, -0.05) is 24.3 Å². The van der Waals surface area contributed by atoms with Crippen molar-refractivity contribution in [3.63, 3.8) is 0 Å². The minimum absolute atomic E-state index is 0.0449. The Hall–Kier alpha value is -2.48. The van der Waals surface area contributed by atoms with Crippen LogP contribution in [0.4, 0.5) is 13.2 Å². The van der Waals surface area contributed by atoms with Gasteiger partial charge in [-0.05, 0) is 24.3 Å². The van der Waals surface area contributed by atoms with Gasteiger partial charge in [0.2, 0.25) is 0 Å². The van der Waals surface area contributed by atoms with Gasteiger partial charge >= 0.3 is 6.18 Å². The van der Waals surface area contributed by atoms with Crippen LogP contribution in [0.2, 0.25) is 0 Å². The van der Waals surface area contributed by atoms with E-state index in [1.54, 1.807) is 24.3 Å². The highest BCUT2D eigenvalue weighted by molar-refractivity contribution is 7.90. The van der Waals surface area contributed by atoms with Gasteiger partial charge in [0.1, 0.15) is 5.69 Å². The number of hydrogen-bond donors (Lipinski definition) is 0. The van der Waals surface area contributed by atoms with Crippen molar-refractivity contribution in [1.82, 2.24) is 9.97 Å². The van der Waals surface area contributed by atoms with E-state index >= 15 is 0 Å². The molecule has 0 radical (unpaired) electrons. The van der Waals surface area contributed by atoms with Gasteiger partial charge in [-0.3, -0.25) is 0 Å². The van der Waals surface area contributed by atoms with E-state index in [1.807, 2.05) is 0 Å². The molecule has 0 fully saturated rings. The molecule has 124 valence electrons. The molecule has 3 rings (SSSR count). The van der Waals surface area contributed by atoms with Gasteiger partial charge in [-0.2, -0.15) is 13.2 Å². The highest BCUT2D eigenvalue weighted by Crippen LogP contribution is 2.33. The zero-order valence-corrected chi connectivity index (χ0v) is 13.2. The summed E-state index contributed by atoms with van der Waals surface area (Å²) >= 11 is 0. The summed E-state index contributed by atoms with van der Waals surface area (Å²) in [7, 11) is -3.78. The van der Waals surface area contributed by atoms with Crippen LogP contribution in [0.1, 0.15) is 5.56 Å². The highest BCUT2D eigenvalue weighted by atomic mass is 32.2. The maximum atomic E-state index is 12.9. The summed E-state index contributed by atoms with van der Waals surface area (Å²) in [5.74, 6) is 0. The molecule has 0 amide bonds. The van der Waals surface area contributed by atoms with Crippen molar-refractivity contribution in [1.29, 1.82) is 0 Å². The summed E-state index contributed by atoms with van der Waals surface area (Å²) < 4.78 is 62.8. The first kappa shape index (κ1) is 16.4. The monoisotopic (exact) mass is 352 g/mol. The molecule has 0 aliphatic rings. The van der Waals surface area contributed by atoms with Crippen molar-refractivity contribution >= 4 is 20.9 Å². The molecule has 1 aromatic heterocycles. The lowest BCUT2D eigenvalue weighted by Crippen LogP contribution is -2.08. The summed E-state index contributed by atoms with van der Waals surface area (Å²) in [5.41, 5.74) is -0.175. The third-order valence-corrected chi connectivity index (χ3v) is 4.34. The Bertz CT molecular complexity index is 1030. The Kier molecular flexibility index (Phi) is 3.79. The molecule has 0 bridgehead atoms. The van der Waals surface area contributed by atoms with Crippen LogP contribution in [0.25, 0.3) is 22.3 Å². The van der Waals surface area contributed by atoms with E-state index in [0.29, 0.717) is 11.0 Å². The molecule has 0 atom stereocenters. The fourth-order valence-corrected chi connectivity index (χ4v) is 3.05. The number of hydrogen-bond acceptors (Lipinski definition) is 4. The van der Waals surface area contributed by atoms with Gasteiger partial charge in [-0.15, -0.1) is 0 Å². The fourth-order valence-electron chi connectivity index (χ4n) is 2.27. The van der Waals surface area contributed by atoms with E-state index in [2.05, 4.69) is 9.97 Å². The van der Waals surface area contributed by atoms with Gasteiger partial charge in [0.25, 0.3) is 0 Å². The van der Waals surface area contributed by atoms with Gasteiger partial charge in [0.05, 0.1) is 16.6 Å². The molecule has 0 aliphatic heterocycles. The largest absolute Gasteiger partial charge is 0.416 e. The van der Waals surface area contributed by atoms with E-state index in [0.717, 1.165) is 18.4 Å². The molecular formula is C16H11F3N2O2S. The second-order valence-electron chi connectivity index (χ2n) is 5.22. The molecule has 0 aliphatic carbocycles. The van der Waals surface area contributed by atoms with Crippen LogP contribution in [-0.4, -0.2) is 24.6 Å². The topological polar surface area (TPSA) is 59.9 Å². The Morgan fingerprint density at radius 2 is 1.54 bits per heavy atom. The fraction of sp³-hybridized carbons (Fsp3) is 0.125. The SMILES string of the molecule is CS(=O)(=O)c1nc2ccccc2nc1-c1cccc(C(F)(F)F)c1. The molecule has 1 heterocycles. The number of aromatic nitrogens is 2. The first-order chi connectivity index (χ1) is 11.2. The molecule has 4 nitrogen and oxygen atoms in total. The minimum Gasteiger partial charge on any atom is -0.243 e. The third kappa shape index (κ3) is 3.09. The number of rotatable bonds is 2. The molecular weight excluding hydrogens is 341 g/mol. The Labute approximate surface area is 135 Å². The van der Waals surface area contributed by atoms with Gasteiger partial charge in [-0.25, -0.2) is 18.4 Å². The molecule has 3 aromatic rings. The molecule has 0 saturated heterocycles. The summed E-state index contributed by atoms with van der Waals surface area (Å²) in [6.45, 7) is 0. The van der Waals surface area contributed by atoms with Crippen molar-refractivity contribution in [2.75, 3.05) is 6.26 Å². The lowest BCUT2D eigenvalue weighted by atomic mass is 10.1. The highest BCUT2D eigenvalue weighted by Gasteiger charge is 2.31. The number of benzene rings is 2. The maximum Gasteiger partial charge on any atom is 0.416 e. The average molecular weight is 352 g/mol. The van der Waals surface area contributed by atoms with E-state index in [9.17, 15) is 21.6 Å². The summed E-state index contributed by atoms with van der Waals surface area (Å²) in [5, 5.41) is -0.347. The second kappa shape index (κ2) is 5.55. The normalized spacial score (nSPS) is 12.5. The van der Waals surface area contributed by atoms with Crippen LogP contribution in [0, 0.1) is 0 Å². The van der Waals surface area contributed by atoms with E-state index < -0.39 is 21.6 Å². The summed E-state index contributed by atoms with van der Waals surface area (Å²) in [4.78, 5) is 8.31. The van der Waals surface area contributed by atoms with Gasteiger partial charge < -0.3 is 0 Å². The lowest BCUT2D eigenvalue weighted by Gasteiger charge is -2.11. The molecule has 0 spiro atoms. The standard InChI is InChI=1S/C16H11F3N2O2S/c1-24(22,23)15-14(20-12-7-2-3-8-13(12)21-15)10-5-4-6-11(9-10)16(17,18)19/h2-9H,1H3. The van der Waals surface area contributed by atoms with Crippen molar-refractivity contribution in [2.45, 2.75) is 11.2 Å². The summed E-state index contributed by atoms with van der Waals surface area (Å²) in [6, 6.07) is 10.9. The Morgan fingerprint density at radius 3 is 2.12 bits per heavy atom. The van der Waals surface area contributed by atoms with Crippen molar-refractivity contribution < 1.29 is 21.6 Å². The van der Waals surface area contributed by atoms with Crippen LogP contribution in [-0.2, 0) is 16.0 Å². The first-order valence-electron chi connectivity index (χ1n) is 6.81. The van der Waals surface area contributed by atoms with Gasteiger partial charge in [0, 0.05) is 11.8 Å². The van der Waals surface area contributed by atoms with Crippen molar-refractivity contribution in [3.05, 3.63) is 54.1 Å². The molecule has 0 saturated carbocycles. The minimum atomic E-state index is -4.54. The first-order valence-corrected chi connectivity index (χ1v) is 8.70. The molecule has 0 unspecified atom stereocenters. The Balaban J connectivity index is 2.33. The van der Waals surface area contributed by atoms with E-state index in [1.165, 1.54) is 12.1 Å². The van der Waals surface area contributed by atoms with Crippen LogP contribution < -0.4 is 0 Å². The van der Waals surface area contributed by atoms with E-state index in [-0.39, 0.29) is 16.3 Å².